The van der Waals surface area contributed by atoms with Gasteiger partial charge in [0.1, 0.15) is 5.15 Å². The SMILES string of the molecule is CCOC(=O)CC=Cc1cccc(Cl)n1. The van der Waals surface area contributed by atoms with Crippen molar-refractivity contribution in [1.29, 1.82) is 0 Å². The number of hydrogen-bond acceptors (Lipinski definition) is 3. The van der Waals surface area contributed by atoms with Gasteiger partial charge < -0.3 is 4.74 Å². The van der Waals surface area contributed by atoms with Crippen molar-refractivity contribution in [3.8, 4) is 0 Å². The van der Waals surface area contributed by atoms with Gasteiger partial charge in [-0.15, -0.1) is 0 Å². The number of rotatable bonds is 4. The summed E-state index contributed by atoms with van der Waals surface area (Å²) >= 11 is 5.70. The van der Waals surface area contributed by atoms with E-state index in [0.717, 1.165) is 5.69 Å². The molecule has 0 amide bonds. The Labute approximate surface area is 93.7 Å². The molecule has 15 heavy (non-hydrogen) atoms. The maximum atomic E-state index is 11.0. The fourth-order valence-corrected chi connectivity index (χ4v) is 1.18. The minimum Gasteiger partial charge on any atom is -0.466 e. The minimum absolute atomic E-state index is 0.240. The van der Waals surface area contributed by atoms with Crippen LogP contribution in [0.25, 0.3) is 6.08 Å². The van der Waals surface area contributed by atoms with Crippen LogP contribution in [0.3, 0.4) is 0 Å². The normalized spacial score (nSPS) is 10.5. The molecular weight excluding hydrogens is 214 g/mol. The summed E-state index contributed by atoms with van der Waals surface area (Å²) in [6.07, 6.45) is 3.70. The minimum atomic E-state index is -0.240. The molecule has 0 aliphatic heterocycles. The molecule has 0 saturated heterocycles. The van der Waals surface area contributed by atoms with E-state index in [-0.39, 0.29) is 12.4 Å². The van der Waals surface area contributed by atoms with E-state index in [0.29, 0.717) is 11.8 Å². The standard InChI is InChI=1S/C11H12ClNO2/c1-2-15-11(14)8-4-6-9-5-3-7-10(12)13-9/h3-7H,2,8H2,1H3. The van der Waals surface area contributed by atoms with Crippen molar-refractivity contribution in [2.45, 2.75) is 13.3 Å². The predicted octanol–water partition coefficient (Wildman–Crippen LogP) is 2.70. The highest BCUT2D eigenvalue weighted by atomic mass is 35.5. The van der Waals surface area contributed by atoms with Gasteiger partial charge >= 0.3 is 5.97 Å². The molecule has 0 bridgehead atoms. The Morgan fingerprint density at radius 2 is 2.40 bits per heavy atom. The summed E-state index contributed by atoms with van der Waals surface area (Å²) < 4.78 is 4.77. The number of esters is 1. The fraction of sp³-hybridized carbons (Fsp3) is 0.273. The summed E-state index contributed by atoms with van der Waals surface area (Å²) in [7, 11) is 0. The Balaban J connectivity index is 2.48. The summed E-state index contributed by atoms with van der Waals surface area (Å²) in [5.74, 6) is -0.240. The number of aromatic nitrogens is 1. The van der Waals surface area contributed by atoms with Crippen LogP contribution in [-0.2, 0) is 9.53 Å². The van der Waals surface area contributed by atoms with Crippen LogP contribution < -0.4 is 0 Å². The average molecular weight is 226 g/mol. The number of halogens is 1. The van der Waals surface area contributed by atoms with Gasteiger partial charge in [-0.1, -0.05) is 23.7 Å². The van der Waals surface area contributed by atoms with Crippen molar-refractivity contribution < 1.29 is 9.53 Å². The molecule has 80 valence electrons. The molecule has 0 radical (unpaired) electrons. The number of nitrogens with zero attached hydrogens (tertiary/aromatic N) is 1. The summed E-state index contributed by atoms with van der Waals surface area (Å²) in [5.41, 5.74) is 0.729. The van der Waals surface area contributed by atoms with Crippen molar-refractivity contribution in [1.82, 2.24) is 4.98 Å². The van der Waals surface area contributed by atoms with E-state index in [1.165, 1.54) is 0 Å². The monoisotopic (exact) mass is 225 g/mol. The maximum Gasteiger partial charge on any atom is 0.309 e. The number of pyridine rings is 1. The van der Waals surface area contributed by atoms with Crippen LogP contribution in [0.5, 0.6) is 0 Å². The first-order valence-corrected chi connectivity index (χ1v) is 5.05. The maximum absolute atomic E-state index is 11.0. The molecule has 0 atom stereocenters. The predicted molar refractivity (Wildman–Crippen MR) is 59.5 cm³/mol. The van der Waals surface area contributed by atoms with E-state index < -0.39 is 0 Å². The lowest BCUT2D eigenvalue weighted by atomic mass is 10.3. The molecule has 0 fully saturated rings. The zero-order valence-corrected chi connectivity index (χ0v) is 9.20. The van der Waals surface area contributed by atoms with Crippen molar-refractivity contribution in [3.05, 3.63) is 35.1 Å². The van der Waals surface area contributed by atoms with Crippen LogP contribution in [0.2, 0.25) is 5.15 Å². The second kappa shape index (κ2) is 6.19. The summed E-state index contributed by atoms with van der Waals surface area (Å²) in [4.78, 5) is 15.0. The average Bonchev–Trinajstić information content (AvgIpc) is 2.18. The van der Waals surface area contributed by atoms with E-state index in [4.69, 9.17) is 16.3 Å². The zero-order chi connectivity index (χ0) is 11.1. The summed E-state index contributed by atoms with van der Waals surface area (Å²) in [5, 5.41) is 0.438. The molecule has 1 aromatic rings. The van der Waals surface area contributed by atoms with E-state index in [2.05, 4.69) is 4.98 Å². The second-order valence-electron chi connectivity index (χ2n) is 2.80. The lowest BCUT2D eigenvalue weighted by molar-refractivity contribution is -0.142. The smallest absolute Gasteiger partial charge is 0.309 e. The van der Waals surface area contributed by atoms with Crippen molar-refractivity contribution in [2.75, 3.05) is 6.61 Å². The van der Waals surface area contributed by atoms with Crippen molar-refractivity contribution in [3.63, 3.8) is 0 Å². The quantitative estimate of drug-likeness (QED) is 0.584. The van der Waals surface area contributed by atoms with Gasteiger partial charge in [0.25, 0.3) is 0 Å². The molecular formula is C11H12ClNO2. The summed E-state index contributed by atoms with van der Waals surface area (Å²) in [6.45, 7) is 2.18. The Morgan fingerprint density at radius 1 is 1.60 bits per heavy atom. The van der Waals surface area contributed by atoms with Gasteiger partial charge in [-0.05, 0) is 25.1 Å². The second-order valence-corrected chi connectivity index (χ2v) is 3.18. The molecule has 0 aliphatic rings. The Bertz CT molecular complexity index is 363. The van der Waals surface area contributed by atoms with Crippen molar-refractivity contribution >= 4 is 23.6 Å². The van der Waals surface area contributed by atoms with Gasteiger partial charge in [0.2, 0.25) is 0 Å². The van der Waals surface area contributed by atoms with Crippen LogP contribution in [0, 0.1) is 0 Å². The molecule has 3 nitrogen and oxygen atoms in total. The first-order valence-electron chi connectivity index (χ1n) is 4.67. The first kappa shape index (κ1) is 11.7. The summed E-state index contributed by atoms with van der Waals surface area (Å²) in [6, 6.07) is 5.32. The van der Waals surface area contributed by atoms with Gasteiger partial charge in [-0.3, -0.25) is 4.79 Å². The van der Waals surface area contributed by atoms with E-state index >= 15 is 0 Å². The zero-order valence-electron chi connectivity index (χ0n) is 8.44. The molecule has 1 aromatic heterocycles. The molecule has 0 saturated carbocycles. The molecule has 0 spiro atoms. The van der Waals surface area contributed by atoms with Crippen LogP contribution >= 0.6 is 11.6 Å². The van der Waals surface area contributed by atoms with E-state index in [1.54, 1.807) is 31.2 Å². The molecule has 0 aliphatic carbocycles. The highest BCUT2D eigenvalue weighted by molar-refractivity contribution is 6.29. The van der Waals surface area contributed by atoms with E-state index in [9.17, 15) is 4.79 Å². The molecule has 1 rings (SSSR count). The molecule has 0 aromatic carbocycles. The van der Waals surface area contributed by atoms with Gasteiger partial charge in [0, 0.05) is 0 Å². The fourth-order valence-electron chi connectivity index (χ4n) is 1.01. The molecule has 0 N–H and O–H groups in total. The third-order valence-corrected chi connectivity index (χ3v) is 1.83. The highest BCUT2D eigenvalue weighted by Gasteiger charge is 1.96. The Kier molecular flexibility index (Phi) is 4.84. The Morgan fingerprint density at radius 3 is 3.07 bits per heavy atom. The molecule has 1 heterocycles. The van der Waals surface area contributed by atoms with Crippen LogP contribution in [0.1, 0.15) is 19.0 Å². The lowest BCUT2D eigenvalue weighted by Crippen LogP contribution is -2.01. The van der Waals surface area contributed by atoms with Gasteiger partial charge in [0.05, 0.1) is 18.7 Å². The number of carbonyl (C=O) groups excluding carboxylic acids is 1. The Hall–Kier alpha value is -1.35. The number of hydrogen-bond donors (Lipinski definition) is 0. The van der Waals surface area contributed by atoms with Crippen LogP contribution in [0.15, 0.2) is 24.3 Å². The first-order chi connectivity index (χ1) is 7.22. The topological polar surface area (TPSA) is 39.2 Å². The highest BCUT2D eigenvalue weighted by Crippen LogP contribution is 2.06. The lowest BCUT2D eigenvalue weighted by Gasteiger charge is -1.96. The van der Waals surface area contributed by atoms with E-state index in [1.807, 2.05) is 6.07 Å². The van der Waals surface area contributed by atoms with Crippen LogP contribution in [0.4, 0.5) is 0 Å². The van der Waals surface area contributed by atoms with Gasteiger partial charge in [-0.25, -0.2) is 4.98 Å². The molecule has 4 heteroatoms. The van der Waals surface area contributed by atoms with Crippen molar-refractivity contribution in [2.24, 2.45) is 0 Å². The number of ether oxygens (including phenoxy) is 1. The largest absolute Gasteiger partial charge is 0.466 e. The van der Waals surface area contributed by atoms with Crippen LogP contribution in [-0.4, -0.2) is 17.6 Å². The molecule has 0 unspecified atom stereocenters. The number of carbonyl (C=O) groups is 1. The van der Waals surface area contributed by atoms with Gasteiger partial charge in [-0.2, -0.15) is 0 Å². The van der Waals surface area contributed by atoms with Gasteiger partial charge in [0.15, 0.2) is 0 Å². The third-order valence-electron chi connectivity index (χ3n) is 1.62. The third kappa shape index (κ3) is 4.61.